The zero-order valence-electron chi connectivity index (χ0n) is 3.98. The summed E-state index contributed by atoms with van der Waals surface area (Å²) in [5.41, 5.74) is 0. The van der Waals surface area contributed by atoms with Gasteiger partial charge >= 0.3 is 0 Å². The Bertz CT molecular complexity index is 177. The average molecular weight is 175 g/mol. The molecule has 0 N–H and O–H groups in total. The van der Waals surface area contributed by atoms with Gasteiger partial charge in [0.05, 0.1) is 0 Å². The number of ether oxygens (including phenoxy) is 1. The Balaban J connectivity index is 2.69. The summed E-state index contributed by atoms with van der Waals surface area (Å²) in [7, 11) is 0. The Morgan fingerprint density at radius 1 is 1.88 bits per heavy atom. The van der Waals surface area contributed by atoms with Crippen molar-refractivity contribution in [1.82, 2.24) is 0 Å². The molecule has 8 heavy (non-hydrogen) atoms. The summed E-state index contributed by atoms with van der Waals surface area (Å²) in [6, 6.07) is 0. The number of hydrogen-bond donors (Lipinski definition) is 0. The summed E-state index contributed by atoms with van der Waals surface area (Å²) in [5.74, 6) is 2.00. The molecule has 1 aliphatic heterocycles. The zero-order valence-corrected chi connectivity index (χ0v) is 5.56. The third kappa shape index (κ3) is 0.997. The van der Waals surface area contributed by atoms with Gasteiger partial charge < -0.3 is 4.74 Å². The minimum Gasteiger partial charge on any atom is -0.443 e. The lowest BCUT2D eigenvalue weighted by atomic mass is 10.4. The van der Waals surface area contributed by atoms with Gasteiger partial charge in [-0.2, -0.15) is 0 Å². The van der Waals surface area contributed by atoms with Crippen LogP contribution in [0.1, 0.15) is 6.42 Å². The normalized spacial score (nSPS) is 17.1. The van der Waals surface area contributed by atoms with Crippen LogP contribution >= 0.6 is 15.9 Å². The standard InChI is InChI=1S/C5H3BrO2/c6-5-2-1-4(3-7)8-5/h2H,1H2. The van der Waals surface area contributed by atoms with E-state index >= 15 is 0 Å². The highest BCUT2D eigenvalue weighted by atomic mass is 79.9. The first kappa shape index (κ1) is 5.60. The highest BCUT2D eigenvalue weighted by Gasteiger charge is 2.07. The fourth-order valence-corrected chi connectivity index (χ4v) is 0.794. The topological polar surface area (TPSA) is 26.3 Å². The van der Waals surface area contributed by atoms with E-state index in [0.29, 0.717) is 16.8 Å². The first-order valence-electron chi connectivity index (χ1n) is 2.10. The molecule has 1 aliphatic rings. The molecule has 0 aromatic heterocycles. The van der Waals surface area contributed by atoms with Gasteiger partial charge in [-0.05, 0) is 22.0 Å². The van der Waals surface area contributed by atoms with Crippen LogP contribution in [0.25, 0.3) is 0 Å². The predicted molar refractivity (Wildman–Crippen MR) is 31.9 cm³/mol. The lowest BCUT2D eigenvalue weighted by molar-refractivity contribution is 0.360. The van der Waals surface area contributed by atoms with Gasteiger partial charge in [-0.25, -0.2) is 4.79 Å². The molecule has 0 amide bonds. The lowest BCUT2D eigenvalue weighted by Crippen LogP contribution is -1.76. The fraction of sp³-hybridized carbons (Fsp3) is 0.200. The van der Waals surface area contributed by atoms with Crippen molar-refractivity contribution >= 4 is 21.9 Å². The van der Waals surface area contributed by atoms with Crippen molar-refractivity contribution in [3.8, 4) is 0 Å². The Morgan fingerprint density at radius 2 is 2.62 bits per heavy atom. The van der Waals surface area contributed by atoms with Crippen molar-refractivity contribution in [1.29, 1.82) is 0 Å². The molecule has 0 atom stereocenters. The molecule has 0 aromatic carbocycles. The Labute approximate surface area is 55.0 Å². The van der Waals surface area contributed by atoms with Crippen LogP contribution in [-0.2, 0) is 9.53 Å². The summed E-state index contributed by atoms with van der Waals surface area (Å²) in [6.45, 7) is 0. The van der Waals surface area contributed by atoms with Gasteiger partial charge in [0.1, 0.15) is 0 Å². The maximum Gasteiger partial charge on any atom is 0.192 e. The van der Waals surface area contributed by atoms with Gasteiger partial charge in [0.25, 0.3) is 0 Å². The molecule has 0 unspecified atom stereocenters. The van der Waals surface area contributed by atoms with Crippen molar-refractivity contribution in [3.63, 3.8) is 0 Å². The largest absolute Gasteiger partial charge is 0.443 e. The van der Waals surface area contributed by atoms with Crippen LogP contribution in [0.4, 0.5) is 0 Å². The molecule has 0 saturated heterocycles. The van der Waals surface area contributed by atoms with E-state index in [0.717, 1.165) is 0 Å². The molecule has 0 aromatic rings. The Kier molecular flexibility index (Phi) is 1.51. The van der Waals surface area contributed by atoms with Gasteiger partial charge in [0.15, 0.2) is 16.4 Å². The highest BCUT2D eigenvalue weighted by Crippen LogP contribution is 2.21. The van der Waals surface area contributed by atoms with Crippen molar-refractivity contribution < 1.29 is 9.53 Å². The van der Waals surface area contributed by atoms with Crippen LogP contribution < -0.4 is 0 Å². The van der Waals surface area contributed by atoms with Gasteiger partial charge in [0.2, 0.25) is 0 Å². The molecule has 0 fully saturated rings. The van der Waals surface area contributed by atoms with Gasteiger partial charge in [-0.15, -0.1) is 0 Å². The quantitative estimate of drug-likeness (QED) is 0.519. The van der Waals surface area contributed by atoms with Crippen molar-refractivity contribution in [2.45, 2.75) is 6.42 Å². The Morgan fingerprint density at radius 3 is 2.88 bits per heavy atom. The molecular formula is C5H3BrO2. The minimum absolute atomic E-state index is 0.344. The molecule has 1 rings (SSSR count). The molecule has 0 bridgehead atoms. The van der Waals surface area contributed by atoms with E-state index in [-0.39, 0.29) is 0 Å². The summed E-state index contributed by atoms with van der Waals surface area (Å²) < 4.78 is 5.39. The summed E-state index contributed by atoms with van der Waals surface area (Å²) in [6.07, 6.45) is 2.32. The molecule has 0 saturated carbocycles. The SMILES string of the molecule is O=C=C1CC=C(Br)O1. The summed E-state index contributed by atoms with van der Waals surface area (Å²) >= 11 is 3.06. The van der Waals surface area contributed by atoms with Gasteiger partial charge in [0, 0.05) is 6.42 Å². The third-order valence-electron chi connectivity index (χ3n) is 0.782. The van der Waals surface area contributed by atoms with E-state index in [1.807, 2.05) is 0 Å². The number of rotatable bonds is 0. The highest BCUT2D eigenvalue weighted by molar-refractivity contribution is 9.11. The predicted octanol–water partition coefficient (Wildman–Crippen LogP) is 1.36. The van der Waals surface area contributed by atoms with E-state index in [2.05, 4.69) is 15.9 Å². The van der Waals surface area contributed by atoms with Crippen molar-refractivity contribution in [2.24, 2.45) is 0 Å². The third-order valence-corrected chi connectivity index (χ3v) is 1.27. The molecule has 1 heterocycles. The second-order valence-corrected chi connectivity index (χ2v) is 2.12. The lowest BCUT2D eigenvalue weighted by Gasteiger charge is -1.89. The van der Waals surface area contributed by atoms with Crippen LogP contribution in [0.3, 0.4) is 0 Å². The number of hydrogen-bond acceptors (Lipinski definition) is 2. The molecule has 3 heteroatoms. The molecule has 2 nitrogen and oxygen atoms in total. The summed E-state index contributed by atoms with van der Waals surface area (Å²) in [5, 5.41) is 0. The Hall–Kier alpha value is -0.530. The first-order chi connectivity index (χ1) is 3.83. The average Bonchev–Trinajstić information content (AvgIpc) is 2.14. The number of allylic oxidation sites excluding steroid dienone is 1. The van der Waals surface area contributed by atoms with Crippen molar-refractivity contribution in [3.05, 3.63) is 16.5 Å². The second-order valence-electron chi connectivity index (χ2n) is 1.34. The van der Waals surface area contributed by atoms with E-state index < -0.39 is 0 Å². The number of halogens is 1. The van der Waals surface area contributed by atoms with E-state index in [1.54, 1.807) is 12.0 Å². The van der Waals surface area contributed by atoms with Crippen LogP contribution in [0.15, 0.2) is 16.5 Å². The second kappa shape index (κ2) is 2.16. The van der Waals surface area contributed by atoms with Gasteiger partial charge in [-0.1, -0.05) is 0 Å². The molecule has 0 radical (unpaired) electrons. The first-order valence-corrected chi connectivity index (χ1v) is 2.89. The maximum atomic E-state index is 9.81. The van der Waals surface area contributed by atoms with E-state index in [4.69, 9.17) is 4.74 Å². The minimum atomic E-state index is 0.344. The zero-order chi connectivity index (χ0) is 5.98. The summed E-state index contributed by atoms with van der Waals surface area (Å²) in [4.78, 5) is 9.81. The van der Waals surface area contributed by atoms with Gasteiger partial charge in [-0.3, -0.25) is 0 Å². The smallest absolute Gasteiger partial charge is 0.192 e. The number of carbonyl (C=O) groups excluding carboxylic acids is 1. The van der Waals surface area contributed by atoms with Crippen LogP contribution in [0.2, 0.25) is 0 Å². The van der Waals surface area contributed by atoms with E-state index in [1.165, 1.54) is 0 Å². The monoisotopic (exact) mass is 174 g/mol. The van der Waals surface area contributed by atoms with Crippen LogP contribution in [0, 0.1) is 0 Å². The van der Waals surface area contributed by atoms with Crippen LogP contribution in [0.5, 0.6) is 0 Å². The molecule has 0 spiro atoms. The maximum absolute atomic E-state index is 9.81. The molecular weight excluding hydrogens is 172 g/mol. The van der Waals surface area contributed by atoms with Crippen LogP contribution in [-0.4, -0.2) is 5.94 Å². The van der Waals surface area contributed by atoms with Crippen molar-refractivity contribution in [2.75, 3.05) is 0 Å². The molecule has 0 aliphatic carbocycles. The van der Waals surface area contributed by atoms with E-state index in [9.17, 15) is 4.79 Å². The fourth-order valence-electron chi connectivity index (χ4n) is 0.436. The molecule has 42 valence electrons.